The van der Waals surface area contributed by atoms with Gasteiger partial charge in [-0.15, -0.1) is 0 Å². The van der Waals surface area contributed by atoms with Gasteiger partial charge in [-0.1, -0.05) is 0 Å². The summed E-state index contributed by atoms with van der Waals surface area (Å²) >= 11 is 0. The molecule has 9 nitrogen and oxygen atoms in total. The highest BCUT2D eigenvalue weighted by Gasteiger charge is 2.36. The van der Waals surface area contributed by atoms with Crippen LogP contribution in [0, 0.1) is 11.3 Å². The molecule has 0 aromatic carbocycles. The van der Waals surface area contributed by atoms with Crippen molar-refractivity contribution in [1.29, 1.82) is 5.26 Å². The zero-order valence-electron chi connectivity index (χ0n) is 12.3. The molecule has 2 rings (SSSR count). The molecule has 0 aliphatic carbocycles. The first-order valence-corrected chi connectivity index (χ1v) is 6.85. The maximum absolute atomic E-state index is 11.5. The number of aromatic nitrogens is 2. The van der Waals surface area contributed by atoms with Crippen molar-refractivity contribution < 1.29 is 14.3 Å². The van der Waals surface area contributed by atoms with Crippen molar-refractivity contribution in [2.24, 2.45) is 5.73 Å². The zero-order chi connectivity index (χ0) is 16.2. The predicted octanol–water partition coefficient (Wildman–Crippen LogP) is 0.153. The van der Waals surface area contributed by atoms with E-state index in [2.05, 4.69) is 26.5 Å². The molecule has 2 amide bonds. The molecule has 22 heavy (non-hydrogen) atoms. The van der Waals surface area contributed by atoms with Gasteiger partial charge >= 0.3 is 6.09 Å². The summed E-state index contributed by atoms with van der Waals surface area (Å²) in [6.07, 6.45) is 2.38. The molecule has 0 unspecified atom stereocenters. The number of hydrogen-bond donors (Lipinski definition) is 3. The molecule has 118 valence electrons. The maximum Gasteiger partial charge on any atom is 0.412 e. The lowest BCUT2D eigenvalue weighted by Gasteiger charge is -2.36. The van der Waals surface area contributed by atoms with Crippen LogP contribution in [0.3, 0.4) is 0 Å². The Balaban J connectivity index is 2.41. The highest BCUT2D eigenvalue weighted by Crippen LogP contribution is 2.32. The lowest BCUT2D eigenvalue weighted by atomic mass is 9.86. The lowest BCUT2D eigenvalue weighted by Crippen LogP contribution is -2.44. The number of carbonyl (C=O) groups is 2. The molecule has 0 spiro atoms. The molecule has 1 aliphatic rings. The van der Waals surface area contributed by atoms with Crippen molar-refractivity contribution in [3.63, 3.8) is 0 Å². The molecule has 9 heteroatoms. The molecule has 1 aromatic rings. The van der Waals surface area contributed by atoms with E-state index in [9.17, 15) is 9.59 Å². The van der Waals surface area contributed by atoms with E-state index in [0.29, 0.717) is 12.8 Å². The second-order valence-corrected chi connectivity index (χ2v) is 5.13. The summed E-state index contributed by atoms with van der Waals surface area (Å²) in [5.41, 5.74) is 4.90. The van der Waals surface area contributed by atoms with Gasteiger partial charge in [-0.2, -0.15) is 10.4 Å². The SMILES string of the molecule is COC(=O)Nc1nn(C2(CC#N)CCNCC2)cc1C(N)=O. The number of nitrogens with two attached hydrogens (primary N) is 1. The average molecular weight is 306 g/mol. The number of methoxy groups -OCH3 is 1. The molecule has 0 atom stereocenters. The zero-order valence-corrected chi connectivity index (χ0v) is 12.3. The van der Waals surface area contributed by atoms with Gasteiger partial charge in [0.25, 0.3) is 5.91 Å². The number of nitriles is 1. The fourth-order valence-electron chi connectivity index (χ4n) is 2.56. The molecule has 0 saturated carbocycles. The molecule has 0 radical (unpaired) electrons. The summed E-state index contributed by atoms with van der Waals surface area (Å²) in [5.74, 6) is -0.672. The van der Waals surface area contributed by atoms with Gasteiger partial charge in [0, 0.05) is 6.20 Å². The Morgan fingerprint density at radius 2 is 2.27 bits per heavy atom. The molecular formula is C13H18N6O3. The van der Waals surface area contributed by atoms with Crippen LogP contribution in [0.5, 0.6) is 0 Å². The quantitative estimate of drug-likeness (QED) is 0.724. The highest BCUT2D eigenvalue weighted by atomic mass is 16.5. The number of primary amides is 1. The molecule has 1 fully saturated rings. The number of carbonyl (C=O) groups excluding carboxylic acids is 2. The third kappa shape index (κ3) is 3.01. The van der Waals surface area contributed by atoms with E-state index in [1.807, 2.05) is 0 Å². The van der Waals surface area contributed by atoms with Crippen molar-refractivity contribution in [3.05, 3.63) is 11.8 Å². The average Bonchev–Trinajstić information content (AvgIpc) is 2.93. The summed E-state index contributed by atoms with van der Waals surface area (Å²) in [7, 11) is 1.21. The van der Waals surface area contributed by atoms with Gasteiger partial charge in [-0.3, -0.25) is 14.8 Å². The molecule has 2 heterocycles. The number of nitrogens with one attached hydrogen (secondary N) is 2. The van der Waals surface area contributed by atoms with Crippen molar-refractivity contribution in [2.45, 2.75) is 24.8 Å². The Morgan fingerprint density at radius 3 is 2.82 bits per heavy atom. The number of rotatable bonds is 4. The molecule has 1 aromatic heterocycles. The van der Waals surface area contributed by atoms with E-state index in [4.69, 9.17) is 11.0 Å². The maximum atomic E-state index is 11.5. The lowest BCUT2D eigenvalue weighted by molar-refractivity contribution is 0.100. The molecular weight excluding hydrogens is 288 g/mol. The largest absolute Gasteiger partial charge is 0.453 e. The van der Waals surface area contributed by atoms with E-state index in [1.54, 1.807) is 4.68 Å². The number of piperidine rings is 1. The smallest absolute Gasteiger partial charge is 0.412 e. The standard InChI is InChI=1S/C13H18N6O3/c1-22-12(21)17-11-9(10(15)20)8-19(18-11)13(2-5-14)3-6-16-7-4-13/h8,16H,2-4,6-7H2,1H3,(H2,15,20)(H,17,18,21). The van der Waals surface area contributed by atoms with Crippen molar-refractivity contribution in [2.75, 3.05) is 25.5 Å². The van der Waals surface area contributed by atoms with Gasteiger partial charge in [-0.25, -0.2) is 4.79 Å². The van der Waals surface area contributed by atoms with Crippen molar-refractivity contribution in [3.8, 4) is 6.07 Å². The van der Waals surface area contributed by atoms with E-state index in [0.717, 1.165) is 13.1 Å². The van der Waals surface area contributed by atoms with E-state index in [-0.39, 0.29) is 17.8 Å². The van der Waals surface area contributed by atoms with Crippen LogP contribution < -0.4 is 16.4 Å². The van der Waals surface area contributed by atoms with Gasteiger partial charge in [0.05, 0.1) is 25.1 Å². The second kappa shape index (κ2) is 6.44. The first kappa shape index (κ1) is 15.8. The summed E-state index contributed by atoms with van der Waals surface area (Å²) in [6.45, 7) is 1.49. The van der Waals surface area contributed by atoms with Crippen LogP contribution >= 0.6 is 0 Å². The molecule has 0 bridgehead atoms. The van der Waals surface area contributed by atoms with Gasteiger partial charge in [-0.05, 0) is 25.9 Å². The van der Waals surface area contributed by atoms with Crippen LogP contribution in [0.15, 0.2) is 6.20 Å². The Morgan fingerprint density at radius 1 is 1.59 bits per heavy atom. The third-order valence-electron chi connectivity index (χ3n) is 3.81. The number of anilines is 1. The number of ether oxygens (including phenoxy) is 1. The van der Waals surface area contributed by atoms with Crippen LogP contribution in [-0.4, -0.2) is 42.0 Å². The van der Waals surface area contributed by atoms with Crippen molar-refractivity contribution in [1.82, 2.24) is 15.1 Å². The Labute approximate surface area is 127 Å². The Kier molecular flexibility index (Phi) is 4.62. The van der Waals surface area contributed by atoms with Crippen LogP contribution in [-0.2, 0) is 10.3 Å². The molecule has 1 aliphatic heterocycles. The summed E-state index contributed by atoms with van der Waals surface area (Å²) in [6, 6.07) is 2.17. The summed E-state index contributed by atoms with van der Waals surface area (Å²) in [4.78, 5) is 22.9. The highest BCUT2D eigenvalue weighted by molar-refractivity contribution is 6.00. The van der Waals surface area contributed by atoms with Crippen LogP contribution in [0.1, 0.15) is 29.6 Å². The fourth-order valence-corrected chi connectivity index (χ4v) is 2.56. The Hall–Kier alpha value is -2.60. The van der Waals surface area contributed by atoms with Crippen LogP contribution in [0.2, 0.25) is 0 Å². The van der Waals surface area contributed by atoms with Gasteiger partial charge in [0.1, 0.15) is 5.56 Å². The number of hydrogen-bond acceptors (Lipinski definition) is 6. The van der Waals surface area contributed by atoms with Gasteiger partial charge < -0.3 is 15.8 Å². The van der Waals surface area contributed by atoms with Crippen molar-refractivity contribution >= 4 is 17.8 Å². The minimum Gasteiger partial charge on any atom is -0.453 e. The monoisotopic (exact) mass is 306 g/mol. The topological polar surface area (TPSA) is 135 Å². The van der Waals surface area contributed by atoms with Gasteiger partial charge in [0.15, 0.2) is 5.82 Å². The minimum atomic E-state index is -0.743. The number of nitrogens with zero attached hydrogens (tertiary/aromatic N) is 3. The normalized spacial score (nSPS) is 16.5. The summed E-state index contributed by atoms with van der Waals surface area (Å²) < 4.78 is 6.07. The summed E-state index contributed by atoms with van der Waals surface area (Å²) in [5, 5.41) is 19.0. The third-order valence-corrected chi connectivity index (χ3v) is 3.81. The van der Waals surface area contributed by atoms with E-state index >= 15 is 0 Å². The second-order valence-electron chi connectivity index (χ2n) is 5.13. The first-order chi connectivity index (χ1) is 10.5. The van der Waals surface area contributed by atoms with Crippen LogP contribution in [0.4, 0.5) is 10.6 Å². The van der Waals surface area contributed by atoms with Gasteiger partial charge in [0.2, 0.25) is 0 Å². The fraction of sp³-hybridized carbons (Fsp3) is 0.538. The van der Waals surface area contributed by atoms with E-state index in [1.165, 1.54) is 13.3 Å². The molecule has 1 saturated heterocycles. The minimum absolute atomic E-state index is 0.0372. The Bertz CT molecular complexity index is 612. The molecule has 4 N–H and O–H groups in total. The van der Waals surface area contributed by atoms with E-state index < -0.39 is 17.5 Å². The first-order valence-electron chi connectivity index (χ1n) is 6.85. The predicted molar refractivity (Wildman–Crippen MR) is 77.1 cm³/mol. The van der Waals surface area contributed by atoms with Crippen LogP contribution in [0.25, 0.3) is 0 Å². The number of amides is 2.